The van der Waals surface area contributed by atoms with E-state index in [9.17, 15) is 13.5 Å². The Kier molecular flexibility index (Phi) is 4.47. The molecule has 0 aliphatic carbocycles. The third-order valence-corrected chi connectivity index (χ3v) is 4.65. The summed E-state index contributed by atoms with van der Waals surface area (Å²) in [6.45, 7) is 2.53. The van der Waals surface area contributed by atoms with Gasteiger partial charge in [0.2, 0.25) is 0 Å². The van der Waals surface area contributed by atoms with Gasteiger partial charge in [0.1, 0.15) is 15.6 Å². The first-order valence-corrected chi connectivity index (χ1v) is 8.69. The Bertz CT molecular complexity index is 502. The maximum atomic E-state index is 11.1. The number of hydrogen-bond donors (Lipinski definition) is 1. The molecule has 106 valence electrons. The Hall–Kier alpha value is -1.07. The van der Waals surface area contributed by atoms with Crippen molar-refractivity contribution < 1.29 is 13.5 Å². The van der Waals surface area contributed by atoms with E-state index in [0.717, 1.165) is 25.9 Å². The van der Waals surface area contributed by atoms with Crippen molar-refractivity contribution in [2.24, 2.45) is 0 Å². The minimum Gasteiger partial charge on any atom is -0.508 e. The molecule has 0 amide bonds. The van der Waals surface area contributed by atoms with E-state index in [-0.39, 0.29) is 5.75 Å². The van der Waals surface area contributed by atoms with Crippen LogP contribution in [0, 0.1) is 0 Å². The fraction of sp³-hybridized carbons (Fsp3) is 0.571. The van der Waals surface area contributed by atoms with Crippen molar-refractivity contribution in [3.63, 3.8) is 0 Å². The van der Waals surface area contributed by atoms with Crippen molar-refractivity contribution >= 4 is 9.84 Å². The van der Waals surface area contributed by atoms with Crippen LogP contribution < -0.4 is 0 Å². The standard InChI is InChI=1S/C14H21NO3S/c1-19(17,18)11-10-15-8-6-13(7-9-15)12-2-4-14(16)5-3-12/h2-5,13,16H,6-11H2,1H3. The third kappa shape index (κ3) is 4.51. The van der Waals surface area contributed by atoms with E-state index >= 15 is 0 Å². The fourth-order valence-corrected chi connectivity index (χ4v) is 3.12. The molecule has 0 bridgehead atoms. The molecule has 1 aromatic carbocycles. The molecule has 1 aliphatic heterocycles. The molecule has 1 saturated heterocycles. The molecule has 0 spiro atoms. The van der Waals surface area contributed by atoms with Gasteiger partial charge in [0.15, 0.2) is 0 Å². The second-order valence-corrected chi connectivity index (χ2v) is 7.60. The highest BCUT2D eigenvalue weighted by Gasteiger charge is 2.21. The summed E-state index contributed by atoms with van der Waals surface area (Å²) in [6.07, 6.45) is 3.39. The van der Waals surface area contributed by atoms with Crippen LogP contribution >= 0.6 is 0 Å². The van der Waals surface area contributed by atoms with Crippen molar-refractivity contribution in [3.05, 3.63) is 29.8 Å². The van der Waals surface area contributed by atoms with Gasteiger partial charge in [0, 0.05) is 12.8 Å². The van der Waals surface area contributed by atoms with Crippen molar-refractivity contribution in [3.8, 4) is 5.75 Å². The molecule has 0 atom stereocenters. The monoisotopic (exact) mass is 283 g/mol. The van der Waals surface area contributed by atoms with Crippen LogP contribution in [0.2, 0.25) is 0 Å². The first-order valence-electron chi connectivity index (χ1n) is 6.63. The largest absolute Gasteiger partial charge is 0.508 e. The number of phenols is 1. The molecule has 0 saturated carbocycles. The summed E-state index contributed by atoms with van der Waals surface area (Å²) in [4.78, 5) is 2.22. The number of benzene rings is 1. The molecule has 1 aliphatic rings. The van der Waals surface area contributed by atoms with Crippen LogP contribution in [0.5, 0.6) is 5.75 Å². The predicted octanol–water partition coefficient (Wildman–Crippen LogP) is 1.62. The van der Waals surface area contributed by atoms with Crippen LogP contribution in [-0.2, 0) is 9.84 Å². The molecule has 4 nitrogen and oxygen atoms in total. The second-order valence-electron chi connectivity index (χ2n) is 5.34. The van der Waals surface area contributed by atoms with Gasteiger partial charge < -0.3 is 10.0 Å². The average molecular weight is 283 g/mol. The molecule has 0 radical (unpaired) electrons. The predicted molar refractivity (Wildman–Crippen MR) is 76.2 cm³/mol. The highest BCUT2D eigenvalue weighted by molar-refractivity contribution is 7.90. The highest BCUT2D eigenvalue weighted by atomic mass is 32.2. The highest BCUT2D eigenvalue weighted by Crippen LogP contribution is 2.28. The van der Waals surface area contributed by atoms with E-state index in [1.165, 1.54) is 11.8 Å². The lowest BCUT2D eigenvalue weighted by Gasteiger charge is -2.32. The Morgan fingerprint density at radius 3 is 2.32 bits per heavy atom. The number of phenolic OH excluding ortho intramolecular Hbond substituents is 1. The maximum Gasteiger partial charge on any atom is 0.148 e. The van der Waals surface area contributed by atoms with E-state index in [1.54, 1.807) is 12.1 Å². The summed E-state index contributed by atoms with van der Waals surface area (Å²) in [5.74, 6) is 1.07. The first-order chi connectivity index (χ1) is 8.94. The van der Waals surface area contributed by atoms with Crippen molar-refractivity contribution in [2.75, 3.05) is 31.6 Å². The van der Waals surface area contributed by atoms with Crippen molar-refractivity contribution in [1.29, 1.82) is 0 Å². The number of hydrogen-bond acceptors (Lipinski definition) is 4. The third-order valence-electron chi connectivity index (χ3n) is 3.73. The minimum atomic E-state index is -2.86. The van der Waals surface area contributed by atoms with E-state index < -0.39 is 9.84 Å². The molecule has 1 heterocycles. The molecule has 19 heavy (non-hydrogen) atoms. The van der Waals surface area contributed by atoms with Crippen LogP contribution in [-0.4, -0.2) is 50.1 Å². The summed E-state index contributed by atoms with van der Waals surface area (Å²) in [5.41, 5.74) is 1.26. The number of rotatable bonds is 4. The molecule has 1 fully saturated rings. The summed E-state index contributed by atoms with van der Waals surface area (Å²) in [7, 11) is -2.86. The Morgan fingerprint density at radius 2 is 1.79 bits per heavy atom. The van der Waals surface area contributed by atoms with Gasteiger partial charge >= 0.3 is 0 Å². The molecule has 5 heteroatoms. The Morgan fingerprint density at radius 1 is 1.21 bits per heavy atom. The molecule has 2 rings (SSSR count). The van der Waals surface area contributed by atoms with Gasteiger partial charge in [-0.2, -0.15) is 0 Å². The van der Waals surface area contributed by atoms with Crippen LogP contribution in [0.3, 0.4) is 0 Å². The Labute approximate surface area is 115 Å². The second kappa shape index (κ2) is 5.92. The lowest BCUT2D eigenvalue weighted by molar-refractivity contribution is 0.223. The molecule has 0 aromatic heterocycles. The zero-order chi connectivity index (χ0) is 13.9. The van der Waals surface area contributed by atoms with Crippen LogP contribution in [0.4, 0.5) is 0 Å². The van der Waals surface area contributed by atoms with E-state index in [2.05, 4.69) is 4.90 Å². The number of aromatic hydroxyl groups is 1. The average Bonchev–Trinajstić information content (AvgIpc) is 2.37. The molecule has 1 N–H and O–H groups in total. The van der Waals surface area contributed by atoms with Gasteiger partial charge in [-0.25, -0.2) is 8.42 Å². The summed E-state index contributed by atoms with van der Waals surface area (Å²) in [5, 5.41) is 9.28. The lowest BCUT2D eigenvalue weighted by Crippen LogP contribution is -2.36. The number of nitrogens with zero attached hydrogens (tertiary/aromatic N) is 1. The van der Waals surface area contributed by atoms with Gasteiger partial charge in [0.05, 0.1) is 5.75 Å². The van der Waals surface area contributed by atoms with E-state index in [0.29, 0.717) is 18.2 Å². The SMILES string of the molecule is CS(=O)(=O)CCN1CCC(c2ccc(O)cc2)CC1. The normalized spacial score (nSPS) is 18.6. The fourth-order valence-electron chi connectivity index (χ4n) is 2.53. The van der Waals surface area contributed by atoms with Gasteiger partial charge in [0.25, 0.3) is 0 Å². The quantitative estimate of drug-likeness (QED) is 0.912. The number of piperidine rings is 1. The van der Waals surface area contributed by atoms with Crippen molar-refractivity contribution in [1.82, 2.24) is 4.90 Å². The lowest BCUT2D eigenvalue weighted by atomic mass is 9.89. The van der Waals surface area contributed by atoms with Gasteiger partial charge in [-0.15, -0.1) is 0 Å². The van der Waals surface area contributed by atoms with Gasteiger partial charge in [-0.05, 0) is 49.5 Å². The summed E-state index contributed by atoms with van der Waals surface area (Å²) in [6, 6.07) is 7.41. The zero-order valence-electron chi connectivity index (χ0n) is 11.2. The molecular formula is C14H21NO3S. The van der Waals surface area contributed by atoms with Gasteiger partial charge in [-0.3, -0.25) is 0 Å². The number of sulfone groups is 1. The smallest absolute Gasteiger partial charge is 0.148 e. The zero-order valence-corrected chi connectivity index (χ0v) is 12.1. The topological polar surface area (TPSA) is 57.6 Å². The van der Waals surface area contributed by atoms with Crippen molar-refractivity contribution in [2.45, 2.75) is 18.8 Å². The molecule has 0 unspecified atom stereocenters. The van der Waals surface area contributed by atoms with Crippen LogP contribution in [0.1, 0.15) is 24.3 Å². The summed E-state index contributed by atoms with van der Waals surface area (Å²) < 4.78 is 22.3. The van der Waals surface area contributed by atoms with Crippen LogP contribution in [0.15, 0.2) is 24.3 Å². The van der Waals surface area contributed by atoms with E-state index in [1.807, 2.05) is 12.1 Å². The first kappa shape index (κ1) is 14.3. The van der Waals surface area contributed by atoms with Gasteiger partial charge in [-0.1, -0.05) is 12.1 Å². The molecule has 1 aromatic rings. The number of likely N-dealkylation sites (tertiary alicyclic amines) is 1. The van der Waals surface area contributed by atoms with Crippen LogP contribution in [0.25, 0.3) is 0 Å². The van der Waals surface area contributed by atoms with E-state index in [4.69, 9.17) is 0 Å². The maximum absolute atomic E-state index is 11.1. The summed E-state index contributed by atoms with van der Waals surface area (Å²) >= 11 is 0. The minimum absolute atomic E-state index is 0.247. The molecular weight excluding hydrogens is 262 g/mol. The Balaban J connectivity index is 1.84.